The van der Waals surface area contributed by atoms with Crippen LogP contribution < -0.4 is 9.47 Å². The van der Waals surface area contributed by atoms with Crippen LogP contribution in [0, 0.1) is 5.82 Å². The topological polar surface area (TPSA) is 88.9 Å². The number of carboxylic acids is 1. The zero-order chi connectivity index (χ0) is 22.0. The summed E-state index contributed by atoms with van der Waals surface area (Å²) in [6, 6.07) is 11.9. The van der Waals surface area contributed by atoms with Crippen molar-refractivity contribution in [1.29, 1.82) is 0 Å². The second-order valence-electron chi connectivity index (χ2n) is 7.48. The minimum atomic E-state index is -1.13. The first-order valence-electron chi connectivity index (χ1n) is 9.93. The molecule has 0 amide bonds. The summed E-state index contributed by atoms with van der Waals surface area (Å²) in [4.78, 5) is 15.0. The number of methoxy groups -OCH3 is 1. The Morgan fingerprint density at radius 2 is 2.06 bits per heavy atom. The summed E-state index contributed by atoms with van der Waals surface area (Å²) in [6.45, 7) is 0. The second kappa shape index (κ2) is 8.73. The van der Waals surface area contributed by atoms with Crippen molar-refractivity contribution in [3.8, 4) is 22.6 Å². The highest BCUT2D eigenvalue weighted by Crippen LogP contribution is 2.38. The van der Waals surface area contributed by atoms with Gasteiger partial charge >= 0.3 is 5.97 Å². The maximum Gasteiger partial charge on any atom is 0.306 e. The molecule has 0 fully saturated rings. The minimum Gasteiger partial charge on any atom is -0.495 e. The van der Waals surface area contributed by atoms with Crippen molar-refractivity contribution in [3.05, 3.63) is 77.4 Å². The number of pyridine rings is 1. The molecular weight excluding hydrogens is 401 g/mol. The summed E-state index contributed by atoms with van der Waals surface area (Å²) in [6.07, 6.45) is 2.54. The standard InChI is InChI=1S/C24H22FNO5/c1-30-18-8-17(12-26-13-18)15-4-6-19(20(25)9-15)22-7-5-14-2-3-16(10-23(14)31-22)21(27)11-24(28)29/h2-4,6,8-10,12-13,21-22,27H,5,7,11H2,1H3,(H,28,29)/t21-,22?/m1/s1. The molecule has 2 heterocycles. The highest BCUT2D eigenvalue weighted by atomic mass is 19.1. The van der Waals surface area contributed by atoms with E-state index in [4.69, 9.17) is 14.6 Å². The lowest BCUT2D eigenvalue weighted by atomic mass is 9.94. The predicted molar refractivity (Wildman–Crippen MR) is 112 cm³/mol. The van der Waals surface area contributed by atoms with Gasteiger partial charge in [0.1, 0.15) is 23.4 Å². The lowest BCUT2D eigenvalue weighted by Crippen LogP contribution is -2.17. The van der Waals surface area contributed by atoms with Crippen LogP contribution in [0.1, 0.15) is 41.7 Å². The average Bonchev–Trinajstić information content (AvgIpc) is 2.78. The number of carboxylic acid groups (broad SMARTS) is 1. The molecule has 0 bridgehead atoms. The molecule has 0 saturated carbocycles. The Morgan fingerprint density at radius 3 is 2.81 bits per heavy atom. The summed E-state index contributed by atoms with van der Waals surface area (Å²) in [5.74, 6) is -0.331. The molecule has 0 aliphatic carbocycles. The molecule has 2 aromatic carbocycles. The first-order valence-corrected chi connectivity index (χ1v) is 9.93. The predicted octanol–water partition coefficient (Wildman–Crippen LogP) is 4.47. The molecule has 1 unspecified atom stereocenters. The number of nitrogens with zero attached hydrogens (tertiary/aromatic N) is 1. The number of hydrogen-bond donors (Lipinski definition) is 2. The Kier molecular flexibility index (Phi) is 5.86. The molecule has 0 radical (unpaired) electrons. The normalized spacial score (nSPS) is 16.2. The van der Waals surface area contributed by atoms with Gasteiger partial charge in [-0.3, -0.25) is 9.78 Å². The number of fused-ring (bicyclic) bond motifs is 1. The summed E-state index contributed by atoms with van der Waals surface area (Å²) in [5, 5.41) is 19.0. The number of aromatic nitrogens is 1. The van der Waals surface area contributed by atoms with Crippen LogP contribution in [0.25, 0.3) is 11.1 Å². The molecule has 7 heteroatoms. The van der Waals surface area contributed by atoms with Gasteiger partial charge in [0.15, 0.2) is 0 Å². The maximum absolute atomic E-state index is 15.0. The van der Waals surface area contributed by atoms with Gasteiger partial charge < -0.3 is 19.7 Å². The van der Waals surface area contributed by atoms with Crippen molar-refractivity contribution in [2.75, 3.05) is 7.11 Å². The smallest absolute Gasteiger partial charge is 0.306 e. The van der Waals surface area contributed by atoms with E-state index in [0.717, 1.165) is 11.1 Å². The van der Waals surface area contributed by atoms with Crippen LogP contribution in [0.3, 0.4) is 0 Å². The fourth-order valence-electron chi connectivity index (χ4n) is 3.75. The third-order valence-electron chi connectivity index (χ3n) is 5.42. The van der Waals surface area contributed by atoms with Gasteiger partial charge in [-0.1, -0.05) is 24.3 Å². The van der Waals surface area contributed by atoms with E-state index in [1.54, 1.807) is 43.8 Å². The molecule has 6 nitrogen and oxygen atoms in total. The molecule has 1 aromatic heterocycles. The number of aliphatic hydroxyl groups excluding tert-OH is 1. The van der Waals surface area contributed by atoms with E-state index < -0.39 is 24.6 Å². The number of aliphatic carboxylic acids is 1. The summed E-state index contributed by atoms with van der Waals surface area (Å²) < 4.78 is 26.2. The Labute approximate surface area is 178 Å². The number of benzene rings is 2. The molecule has 1 aliphatic rings. The zero-order valence-electron chi connectivity index (χ0n) is 16.9. The molecule has 0 spiro atoms. The van der Waals surface area contributed by atoms with E-state index in [1.165, 1.54) is 6.07 Å². The van der Waals surface area contributed by atoms with Gasteiger partial charge in [-0.2, -0.15) is 0 Å². The highest BCUT2D eigenvalue weighted by Gasteiger charge is 2.25. The Hall–Kier alpha value is -3.45. The quantitative estimate of drug-likeness (QED) is 0.608. The first-order chi connectivity index (χ1) is 14.9. The van der Waals surface area contributed by atoms with Crippen LogP contribution in [0.5, 0.6) is 11.5 Å². The Morgan fingerprint density at radius 1 is 1.23 bits per heavy atom. The van der Waals surface area contributed by atoms with Crippen LogP contribution in [-0.4, -0.2) is 28.3 Å². The third-order valence-corrected chi connectivity index (χ3v) is 5.42. The van der Waals surface area contributed by atoms with Crippen molar-refractivity contribution in [1.82, 2.24) is 4.98 Å². The summed E-state index contributed by atoms with van der Waals surface area (Å²) in [7, 11) is 1.55. The van der Waals surface area contributed by atoms with Gasteiger partial charge in [0.2, 0.25) is 0 Å². The van der Waals surface area contributed by atoms with Crippen LogP contribution in [0.2, 0.25) is 0 Å². The minimum absolute atomic E-state index is 0.379. The molecule has 3 aromatic rings. The van der Waals surface area contributed by atoms with Crippen LogP contribution >= 0.6 is 0 Å². The molecule has 2 N–H and O–H groups in total. The van der Waals surface area contributed by atoms with Crippen molar-refractivity contribution in [3.63, 3.8) is 0 Å². The number of ether oxygens (including phenoxy) is 2. The van der Waals surface area contributed by atoms with E-state index in [-0.39, 0.29) is 5.82 Å². The summed E-state index contributed by atoms with van der Waals surface area (Å²) >= 11 is 0. The molecule has 1 aliphatic heterocycles. The van der Waals surface area contributed by atoms with Gasteiger partial charge in [-0.05, 0) is 47.7 Å². The Bertz CT molecular complexity index is 1120. The van der Waals surface area contributed by atoms with E-state index >= 15 is 0 Å². The average molecular weight is 423 g/mol. The van der Waals surface area contributed by atoms with E-state index in [9.17, 15) is 14.3 Å². The van der Waals surface area contributed by atoms with Gasteiger partial charge in [0, 0.05) is 17.3 Å². The zero-order valence-corrected chi connectivity index (χ0v) is 16.9. The SMILES string of the molecule is COc1cncc(-c2ccc(C3CCc4ccc([C@H](O)CC(=O)O)cc4O3)c(F)c2)c1. The monoisotopic (exact) mass is 423 g/mol. The molecular formula is C24H22FNO5. The van der Waals surface area contributed by atoms with Gasteiger partial charge in [0.05, 0.1) is 25.8 Å². The van der Waals surface area contributed by atoms with Crippen molar-refractivity contribution >= 4 is 5.97 Å². The number of hydrogen-bond acceptors (Lipinski definition) is 5. The first kappa shape index (κ1) is 20.8. The number of halogens is 1. The summed E-state index contributed by atoms with van der Waals surface area (Å²) in [5.41, 5.74) is 3.28. The largest absolute Gasteiger partial charge is 0.495 e. The fourth-order valence-corrected chi connectivity index (χ4v) is 3.75. The number of aryl methyl sites for hydroxylation is 1. The third kappa shape index (κ3) is 4.51. The fraction of sp³-hybridized carbons (Fsp3) is 0.250. The molecule has 160 valence electrons. The van der Waals surface area contributed by atoms with E-state index in [0.29, 0.717) is 41.0 Å². The lowest BCUT2D eigenvalue weighted by Gasteiger charge is -2.27. The Balaban J connectivity index is 1.57. The maximum atomic E-state index is 15.0. The number of aliphatic hydroxyl groups is 1. The van der Waals surface area contributed by atoms with Crippen LogP contribution in [-0.2, 0) is 11.2 Å². The second-order valence-corrected chi connectivity index (χ2v) is 7.48. The van der Waals surface area contributed by atoms with Gasteiger partial charge in [-0.15, -0.1) is 0 Å². The number of carbonyl (C=O) groups is 1. The van der Waals surface area contributed by atoms with Crippen LogP contribution in [0.15, 0.2) is 54.9 Å². The molecule has 2 atom stereocenters. The molecule has 31 heavy (non-hydrogen) atoms. The molecule has 4 rings (SSSR count). The van der Waals surface area contributed by atoms with Crippen LogP contribution in [0.4, 0.5) is 4.39 Å². The van der Waals surface area contributed by atoms with Crippen molar-refractivity contribution < 1.29 is 28.9 Å². The molecule has 0 saturated heterocycles. The van der Waals surface area contributed by atoms with E-state index in [2.05, 4.69) is 4.98 Å². The highest BCUT2D eigenvalue weighted by molar-refractivity contribution is 5.67. The van der Waals surface area contributed by atoms with Gasteiger partial charge in [0.25, 0.3) is 0 Å². The lowest BCUT2D eigenvalue weighted by molar-refractivity contribution is -0.139. The van der Waals surface area contributed by atoms with Crippen molar-refractivity contribution in [2.24, 2.45) is 0 Å². The number of rotatable bonds is 6. The van der Waals surface area contributed by atoms with Crippen molar-refractivity contribution in [2.45, 2.75) is 31.5 Å². The van der Waals surface area contributed by atoms with Gasteiger partial charge in [-0.25, -0.2) is 4.39 Å². The van der Waals surface area contributed by atoms with E-state index in [1.807, 2.05) is 12.1 Å².